The molecule has 1 unspecified atom stereocenters. The number of nitrogens with one attached hydrogen (secondary N) is 1. The van der Waals surface area contributed by atoms with E-state index >= 15 is 0 Å². The van der Waals surface area contributed by atoms with E-state index in [2.05, 4.69) is 16.3 Å². The van der Waals surface area contributed by atoms with Crippen LogP contribution in [-0.2, 0) is 0 Å². The van der Waals surface area contributed by atoms with Crippen LogP contribution in [0.2, 0.25) is 0 Å². The second-order valence-electron chi connectivity index (χ2n) is 7.22. The number of carbonyl (C=O) groups excluding carboxylic acids is 1. The average molecular weight is 397 g/mol. The Morgan fingerprint density at radius 3 is 2.52 bits per heavy atom. The topological polar surface area (TPSA) is 63.3 Å². The fourth-order valence-corrected chi connectivity index (χ4v) is 3.73. The van der Waals surface area contributed by atoms with Crippen LogP contribution in [0.5, 0.6) is 17.2 Å². The van der Waals surface area contributed by atoms with Gasteiger partial charge in [-0.05, 0) is 36.8 Å². The van der Waals surface area contributed by atoms with Crippen molar-refractivity contribution in [2.24, 2.45) is 0 Å². The number of hydrogen-bond acceptors (Lipinski definition) is 5. The van der Waals surface area contributed by atoms with E-state index in [0.29, 0.717) is 26.3 Å². The first kappa shape index (κ1) is 19.2. The monoisotopic (exact) mass is 397 g/mol. The summed E-state index contributed by atoms with van der Waals surface area (Å²) in [6, 6.07) is 13.6. The van der Waals surface area contributed by atoms with E-state index in [1.54, 1.807) is 7.11 Å². The molecule has 1 saturated heterocycles. The number of ether oxygens (including phenoxy) is 3. The first-order valence-electron chi connectivity index (χ1n) is 9.98. The van der Waals surface area contributed by atoms with Crippen molar-refractivity contribution in [3.05, 3.63) is 48.0 Å². The lowest BCUT2D eigenvalue weighted by Crippen LogP contribution is -2.52. The standard InChI is InChI=1S/C22H27N3O4/c1-16(17-7-8-20-21(15-17)29-14-13-28-20)23-22(26)25-11-9-24(10-12-25)18-5-3-4-6-19(18)27-2/h3-8,15-16H,9-14H2,1-2H3,(H,23,26). The van der Waals surface area contributed by atoms with Crippen LogP contribution in [0, 0.1) is 0 Å². The van der Waals surface area contributed by atoms with Gasteiger partial charge in [0.1, 0.15) is 19.0 Å². The first-order valence-corrected chi connectivity index (χ1v) is 9.98. The fraction of sp³-hybridized carbons (Fsp3) is 0.409. The van der Waals surface area contributed by atoms with Crippen molar-refractivity contribution in [1.29, 1.82) is 0 Å². The molecule has 2 aromatic rings. The molecule has 0 spiro atoms. The Balaban J connectivity index is 1.34. The van der Waals surface area contributed by atoms with Crippen LogP contribution in [0.15, 0.2) is 42.5 Å². The molecule has 2 aliphatic heterocycles. The highest BCUT2D eigenvalue weighted by atomic mass is 16.6. The van der Waals surface area contributed by atoms with Gasteiger partial charge in [0, 0.05) is 26.2 Å². The maximum atomic E-state index is 12.8. The van der Waals surface area contributed by atoms with E-state index in [0.717, 1.165) is 41.6 Å². The summed E-state index contributed by atoms with van der Waals surface area (Å²) in [5.74, 6) is 2.35. The minimum absolute atomic E-state index is 0.0490. The third kappa shape index (κ3) is 4.18. The number of benzene rings is 2. The summed E-state index contributed by atoms with van der Waals surface area (Å²) in [5, 5.41) is 3.10. The van der Waals surface area contributed by atoms with E-state index < -0.39 is 0 Å². The molecule has 0 bridgehead atoms. The van der Waals surface area contributed by atoms with Gasteiger partial charge in [0.25, 0.3) is 0 Å². The molecular weight excluding hydrogens is 370 g/mol. The zero-order valence-electron chi connectivity index (χ0n) is 16.9. The zero-order valence-corrected chi connectivity index (χ0v) is 16.9. The largest absolute Gasteiger partial charge is 0.495 e. The van der Waals surface area contributed by atoms with Crippen LogP contribution in [-0.4, -0.2) is 57.4 Å². The summed E-state index contributed by atoms with van der Waals surface area (Å²) in [6.45, 7) is 5.97. The van der Waals surface area contributed by atoms with Crippen LogP contribution in [0.4, 0.5) is 10.5 Å². The summed E-state index contributed by atoms with van der Waals surface area (Å²) in [6.07, 6.45) is 0. The third-order valence-electron chi connectivity index (χ3n) is 5.40. The summed E-state index contributed by atoms with van der Waals surface area (Å²) >= 11 is 0. The van der Waals surface area contributed by atoms with Crippen molar-refractivity contribution in [1.82, 2.24) is 10.2 Å². The molecule has 29 heavy (non-hydrogen) atoms. The third-order valence-corrected chi connectivity index (χ3v) is 5.40. The Morgan fingerprint density at radius 2 is 1.76 bits per heavy atom. The Morgan fingerprint density at radius 1 is 1.03 bits per heavy atom. The molecule has 2 aliphatic rings. The van der Waals surface area contributed by atoms with Crippen molar-refractivity contribution >= 4 is 11.7 Å². The van der Waals surface area contributed by atoms with Crippen LogP contribution in [0.3, 0.4) is 0 Å². The second-order valence-corrected chi connectivity index (χ2v) is 7.22. The molecule has 1 N–H and O–H groups in total. The normalized spacial score (nSPS) is 16.9. The van der Waals surface area contributed by atoms with Crippen molar-refractivity contribution < 1.29 is 19.0 Å². The Kier molecular flexibility index (Phi) is 5.64. The van der Waals surface area contributed by atoms with Crippen molar-refractivity contribution in [3.8, 4) is 17.2 Å². The summed E-state index contributed by atoms with van der Waals surface area (Å²) in [4.78, 5) is 16.9. The molecule has 0 saturated carbocycles. The van der Waals surface area contributed by atoms with Crippen LogP contribution >= 0.6 is 0 Å². The van der Waals surface area contributed by atoms with Gasteiger partial charge >= 0.3 is 6.03 Å². The van der Waals surface area contributed by atoms with Crippen molar-refractivity contribution in [2.45, 2.75) is 13.0 Å². The summed E-state index contributed by atoms with van der Waals surface area (Å²) < 4.78 is 16.7. The van der Waals surface area contributed by atoms with E-state index in [-0.39, 0.29) is 12.1 Å². The molecule has 2 heterocycles. The number of amides is 2. The number of hydrogen-bond donors (Lipinski definition) is 1. The molecular formula is C22H27N3O4. The van der Waals surface area contributed by atoms with Crippen LogP contribution in [0.1, 0.15) is 18.5 Å². The van der Waals surface area contributed by atoms with E-state index in [1.165, 1.54) is 0 Å². The number of nitrogens with zero attached hydrogens (tertiary/aromatic N) is 2. The molecule has 0 aliphatic carbocycles. The van der Waals surface area contributed by atoms with Gasteiger partial charge in [-0.15, -0.1) is 0 Å². The minimum Gasteiger partial charge on any atom is -0.495 e. The van der Waals surface area contributed by atoms with Gasteiger partial charge in [0.2, 0.25) is 0 Å². The van der Waals surface area contributed by atoms with E-state index in [1.807, 2.05) is 48.2 Å². The number of piperazine rings is 1. The highest BCUT2D eigenvalue weighted by Gasteiger charge is 2.24. The molecule has 0 aromatic heterocycles. The molecule has 154 valence electrons. The lowest BCUT2D eigenvalue weighted by molar-refractivity contribution is 0.171. The summed E-state index contributed by atoms with van der Waals surface area (Å²) in [7, 11) is 1.68. The van der Waals surface area contributed by atoms with Gasteiger partial charge in [0.15, 0.2) is 11.5 Å². The molecule has 2 amide bonds. The number of methoxy groups -OCH3 is 1. The first-order chi connectivity index (χ1) is 14.2. The Labute approximate surface area is 171 Å². The highest BCUT2D eigenvalue weighted by molar-refractivity contribution is 5.75. The minimum atomic E-state index is -0.120. The SMILES string of the molecule is COc1ccccc1N1CCN(C(=O)NC(C)c2ccc3c(c2)OCCO3)CC1. The number of para-hydroxylation sites is 2. The van der Waals surface area contributed by atoms with Gasteiger partial charge in [-0.1, -0.05) is 18.2 Å². The average Bonchev–Trinajstić information content (AvgIpc) is 2.78. The molecule has 4 rings (SSSR count). The second kappa shape index (κ2) is 8.51. The fourth-order valence-electron chi connectivity index (χ4n) is 3.73. The quantitative estimate of drug-likeness (QED) is 0.859. The maximum Gasteiger partial charge on any atom is 0.317 e. The van der Waals surface area contributed by atoms with Gasteiger partial charge in [-0.25, -0.2) is 4.79 Å². The lowest BCUT2D eigenvalue weighted by Gasteiger charge is -2.37. The Hall–Kier alpha value is -3.09. The van der Waals surface area contributed by atoms with E-state index in [4.69, 9.17) is 14.2 Å². The number of carbonyl (C=O) groups is 1. The highest BCUT2D eigenvalue weighted by Crippen LogP contribution is 2.33. The molecule has 0 radical (unpaired) electrons. The molecule has 7 nitrogen and oxygen atoms in total. The molecule has 1 atom stereocenters. The van der Waals surface area contributed by atoms with Gasteiger partial charge in [-0.3, -0.25) is 0 Å². The van der Waals surface area contributed by atoms with Gasteiger partial charge in [0.05, 0.1) is 18.8 Å². The van der Waals surface area contributed by atoms with Crippen molar-refractivity contribution in [3.63, 3.8) is 0 Å². The number of urea groups is 1. The summed E-state index contributed by atoms with van der Waals surface area (Å²) in [5.41, 5.74) is 2.06. The maximum absolute atomic E-state index is 12.8. The predicted molar refractivity (Wildman–Crippen MR) is 111 cm³/mol. The van der Waals surface area contributed by atoms with Gasteiger partial charge in [-0.2, -0.15) is 0 Å². The molecule has 2 aromatic carbocycles. The van der Waals surface area contributed by atoms with Crippen molar-refractivity contribution in [2.75, 3.05) is 51.4 Å². The zero-order chi connectivity index (χ0) is 20.2. The Bertz CT molecular complexity index is 865. The molecule has 7 heteroatoms. The van der Waals surface area contributed by atoms with E-state index in [9.17, 15) is 4.79 Å². The van der Waals surface area contributed by atoms with Crippen LogP contribution < -0.4 is 24.4 Å². The number of rotatable bonds is 4. The smallest absolute Gasteiger partial charge is 0.317 e. The number of fused-ring (bicyclic) bond motifs is 1. The number of anilines is 1. The van der Waals surface area contributed by atoms with Gasteiger partial charge < -0.3 is 29.3 Å². The lowest BCUT2D eigenvalue weighted by atomic mass is 10.1. The van der Waals surface area contributed by atoms with Crippen LogP contribution in [0.25, 0.3) is 0 Å². The molecule has 1 fully saturated rings. The predicted octanol–water partition coefficient (Wildman–Crippen LogP) is 3.06.